The molecule has 0 unspecified atom stereocenters. The third-order valence-electron chi connectivity index (χ3n) is 3.43. The number of carbonyl (C=O) groups excluding carboxylic acids is 1. The van der Waals surface area contributed by atoms with Crippen molar-refractivity contribution in [3.8, 4) is 11.5 Å². The summed E-state index contributed by atoms with van der Waals surface area (Å²) in [4.78, 5) is 13.5. The van der Waals surface area contributed by atoms with E-state index in [1.165, 1.54) is 11.1 Å². The van der Waals surface area contributed by atoms with Crippen LogP contribution in [0.4, 0.5) is 0 Å². The number of amides is 1. The third kappa shape index (κ3) is 2.01. The zero-order chi connectivity index (χ0) is 12.5. The number of ether oxygens (including phenoxy) is 2. The van der Waals surface area contributed by atoms with E-state index in [9.17, 15) is 4.79 Å². The van der Waals surface area contributed by atoms with Gasteiger partial charge < -0.3 is 14.8 Å². The Morgan fingerprint density at radius 3 is 2.78 bits per heavy atom. The Morgan fingerprint density at radius 1 is 1.33 bits per heavy atom. The van der Waals surface area contributed by atoms with E-state index >= 15 is 0 Å². The minimum atomic E-state index is 0.0548. The predicted molar refractivity (Wildman–Crippen MR) is 65.6 cm³/mol. The van der Waals surface area contributed by atoms with Crippen molar-refractivity contribution in [1.29, 1.82) is 0 Å². The molecule has 0 bridgehead atoms. The Balaban J connectivity index is 1.78. The van der Waals surface area contributed by atoms with Crippen molar-refractivity contribution in [1.82, 2.24) is 10.2 Å². The summed E-state index contributed by atoms with van der Waals surface area (Å²) in [6.45, 7) is 2.45. The van der Waals surface area contributed by atoms with E-state index in [1.54, 1.807) is 7.05 Å². The Kier molecular flexibility index (Phi) is 2.83. The van der Waals surface area contributed by atoms with Crippen LogP contribution in [-0.4, -0.2) is 37.7 Å². The highest BCUT2D eigenvalue weighted by atomic mass is 16.7. The van der Waals surface area contributed by atoms with Crippen molar-refractivity contribution in [2.75, 3.05) is 26.9 Å². The lowest BCUT2D eigenvalue weighted by molar-refractivity contribution is -0.121. The second kappa shape index (κ2) is 4.49. The van der Waals surface area contributed by atoms with Crippen LogP contribution in [0.2, 0.25) is 0 Å². The standard InChI is InChI=1S/C13H16N2O3/c1-14-13(16)7-15-3-2-9-4-11-12(18-8-17-11)5-10(9)6-15/h4-5H,2-3,6-8H2,1H3,(H,14,16). The lowest BCUT2D eigenvalue weighted by Gasteiger charge is -2.28. The molecule has 1 aromatic rings. The molecule has 0 atom stereocenters. The Hall–Kier alpha value is -1.75. The molecule has 2 heterocycles. The molecule has 0 radical (unpaired) electrons. The monoisotopic (exact) mass is 248 g/mol. The first-order valence-electron chi connectivity index (χ1n) is 6.10. The highest BCUT2D eigenvalue weighted by Crippen LogP contribution is 2.36. The molecular formula is C13H16N2O3. The summed E-state index contributed by atoms with van der Waals surface area (Å²) in [5.74, 6) is 1.71. The summed E-state index contributed by atoms with van der Waals surface area (Å²) >= 11 is 0. The first-order valence-corrected chi connectivity index (χ1v) is 6.10. The normalized spacial score (nSPS) is 17.4. The fraction of sp³-hybridized carbons (Fsp3) is 0.462. The average molecular weight is 248 g/mol. The molecule has 18 heavy (non-hydrogen) atoms. The number of nitrogens with one attached hydrogen (secondary N) is 1. The van der Waals surface area contributed by atoms with Crippen molar-refractivity contribution < 1.29 is 14.3 Å². The van der Waals surface area contributed by atoms with Gasteiger partial charge in [0.2, 0.25) is 12.7 Å². The molecule has 5 nitrogen and oxygen atoms in total. The number of nitrogens with zero attached hydrogens (tertiary/aromatic N) is 1. The third-order valence-corrected chi connectivity index (χ3v) is 3.43. The minimum absolute atomic E-state index is 0.0548. The van der Waals surface area contributed by atoms with Crippen LogP contribution in [0.15, 0.2) is 12.1 Å². The number of rotatable bonds is 2. The number of hydrogen-bond acceptors (Lipinski definition) is 4. The minimum Gasteiger partial charge on any atom is -0.454 e. The van der Waals surface area contributed by atoms with Crippen LogP contribution < -0.4 is 14.8 Å². The average Bonchev–Trinajstić information content (AvgIpc) is 2.82. The highest BCUT2D eigenvalue weighted by Gasteiger charge is 2.22. The van der Waals surface area contributed by atoms with Crippen molar-refractivity contribution in [3.63, 3.8) is 0 Å². The number of carbonyl (C=O) groups is 1. The first kappa shape index (κ1) is 11.3. The van der Waals surface area contributed by atoms with Crippen LogP contribution in [0.25, 0.3) is 0 Å². The van der Waals surface area contributed by atoms with E-state index in [1.807, 2.05) is 6.07 Å². The van der Waals surface area contributed by atoms with Gasteiger partial charge in [0.1, 0.15) is 0 Å². The first-order chi connectivity index (χ1) is 8.76. The maximum atomic E-state index is 11.4. The van der Waals surface area contributed by atoms with Gasteiger partial charge >= 0.3 is 0 Å². The Bertz CT molecular complexity index is 487. The number of fused-ring (bicyclic) bond motifs is 2. The molecule has 5 heteroatoms. The molecule has 3 rings (SSSR count). The van der Waals surface area contributed by atoms with Gasteiger partial charge in [0.15, 0.2) is 11.5 Å². The summed E-state index contributed by atoms with van der Waals surface area (Å²) < 4.78 is 10.8. The SMILES string of the molecule is CNC(=O)CN1CCc2cc3c(cc2C1)OCO3. The molecule has 1 N–H and O–H groups in total. The molecule has 0 aliphatic carbocycles. The van der Waals surface area contributed by atoms with Crippen LogP contribution in [-0.2, 0) is 17.8 Å². The lowest BCUT2D eigenvalue weighted by atomic mass is 9.99. The van der Waals surface area contributed by atoms with Crippen LogP contribution in [0.1, 0.15) is 11.1 Å². The lowest BCUT2D eigenvalue weighted by Crippen LogP contribution is -2.38. The second-order valence-corrected chi connectivity index (χ2v) is 4.61. The summed E-state index contributed by atoms with van der Waals surface area (Å²) in [5.41, 5.74) is 2.53. The maximum Gasteiger partial charge on any atom is 0.233 e. The van der Waals surface area contributed by atoms with E-state index in [2.05, 4.69) is 16.3 Å². The maximum absolute atomic E-state index is 11.4. The molecule has 0 saturated carbocycles. The van der Waals surface area contributed by atoms with E-state index in [-0.39, 0.29) is 5.91 Å². The van der Waals surface area contributed by atoms with Crippen LogP contribution in [0.5, 0.6) is 11.5 Å². The molecule has 0 fully saturated rings. The van der Waals surface area contributed by atoms with Crippen LogP contribution >= 0.6 is 0 Å². The van der Waals surface area contributed by atoms with E-state index in [4.69, 9.17) is 9.47 Å². The van der Waals surface area contributed by atoms with E-state index in [0.717, 1.165) is 31.0 Å². The molecule has 1 amide bonds. The van der Waals surface area contributed by atoms with Gasteiger partial charge in [-0.2, -0.15) is 0 Å². The largest absolute Gasteiger partial charge is 0.454 e. The molecule has 96 valence electrons. The fourth-order valence-corrected chi connectivity index (χ4v) is 2.42. The van der Waals surface area contributed by atoms with Gasteiger partial charge in [0.05, 0.1) is 6.54 Å². The smallest absolute Gasteiger partial charge is 0.233 e. The van der Waals surface area contributed by atoms with Gasteiger partial charge in [-0.1, -0.05) is 0 Å². The summed E-state index contributed by atoms with van der Waals surface area (Å²) in [6, 6.07) is 4.10. The van der Waals surface area contributed by atoms with Gasteiger partial charge in [-0.25, -0.2) is 0 Å². The predicted octanol–water partition coefficient (Wildman–Crippen LogP) is 0.519. The molecule has 2 aliphatic heterocycles. The fourth-order valence-electron chi connectivity index (χ4n) is 2.42. The molecule has 0 spiro atoms. The van der Waals surface area contributed by atoms with Gasteiger partial charge in [-0.3, -0.25) is 9.69 Å². The molecule has 0 aromatic heterocycles. The van der Waals surface area contributed by atoms with Gasteiger partial charge in [-0.05, 0) is 29.7 Å². The van der Waals surface area contributed by atoms with E-state index < -0.39 is 0 Å². The van der Waals surface area contributed by atoms with Gasteiger partial charge in [0, 0.05) is 20.1 Å². The van der Waals surface area contributed by atoms with Crippen molar-refractivity contribution in [2.45, 2.75) is 13.0 Å². The van der Waals surface area contributed by atoms with Crippen molar-refractivity contribution in [3.05, 3.63) is 23.3 Å². The zero-order valence-corrected chi connectivity index (χ0v) is 10.4. The Labute approximate surface area is 106 Å². The Morgan fingerprint density at radius 2 is 2.06 bits per heavy atom. The van der Waals surface area contributed by atoms with Gasteiger partial charge in [-0.15, -0.1) is 0 Å². The summed E-state index contributed by atoms with van der Waals surface area (Å²) in [7, 11) is 1.66. The van der Waals surface area contributed by atoms with Crippen molar-refractivity contribution in [2.24, 2.45) is 0 Å². The zero-order valence-electron chi connectivity index (χ0n) is 10.4. The molecule has 2 aliphatic rings. The van der Waals surface area contributed by atoms with Crippen molar-refractivity contribution >= 4 is 5.91 Å². The number of benzene rings is 1. The van der Waals surface area contributed by atoms with Crippen LogP contribution in [0.3, 0.4) is 0 Å². The molecule has 1 aromatic carbocycles. The summed E-state index contributed by atoms with van der Waals surface area (Å²) in [6.07, 6.45) is 0.947. The highest BCUT2D eigenvalue weighted by molar-refractivity contribution is 5.77. The number of hydrogen-bond donors (Lipinski definition) is 1. The molecular weight excluding hydrogens is 232 g/mol. The summed E-state index contributed by atoms with van der Waals surface area (Å²) in [5, 5.41) is 2.65. The van der Waals surface area contributed by atoms with E-state index in [0.29, 0.717) is 13.3 Å². The van der Waals surface area contributed by atoms with Crippen LogP contribution in [0, 0.1) is 0 Å². The van der Waals surface area contributed by atoms with Gasteiger partial charge in [0.25, 0.3) is 0 Å². The molecule has 0 saturated heterocycles. The number of likely N-dealkylation sites (N-methyl/N-ethyl adjacent to an activating group) is 1. The topological polar surface area (TPSA) is 50.8 Å². The second-order valence-electron chi connectivity index (χ2n) is 4.61. The quantitative estimate of drug-likeness (QED) is 0.829.